The summed E-state index contributed by atoms with van der Waals surface area (Å²) in [5.41, 5.74) is -2.90. The number of amides is 3. The number of anilines is 1. The van der Waals surface area contributed by atoms with Crippen molar-refractivity contribution in [3.63, 3.8) is 0 Å². The molecule has 2 aromatic rings. The van der Waals surface area contributed by atoms with E-state index in [2.05, 4.69) is 10.3 Å². The molecular formula is C26H25F5N5O6S. The summed E-state index contributed by atoms with van der Waals surface area (Å²) in [5.74, 6) is -5.49. The van der Waals surface area contributed by atoms with Crippen molar-refractivity contribution in [2.24, 2.45) is 10.6 Å². The number of nitrogens with one attached hydrogen (secondary N) is 1. The molecule has 0 aliphatic carbocycles. The van der Waals surface area contributed by atoms with Crippen molar-refractivity contribution in [2.75, 3.05) is 25.0 Å². The number of carbonyl (C=O) groups is 3. The molecule has 4 N–H and O–H groups in total. The van der Waals surface area contributed by atoms with Gasteiger partial charge in [0, 0.05) is 37.7 Å². The van der Waals surface area contributed by atoms with E-state index in [0.717, 1.165) is 15.9 Å². The number of carbonyl (C=O) groups excluding carboxylic acids is 2. The van der Waals surface area contributed by atoms with E-state index in [9.17, 15) is 49.9 Å². The molecule has 17 heteroatoms. The van der Waals surface area contributed by atoms with Gasteiger partial charge in [0.15, 0.2) is 11.6 Å². The number of rotatable bonds is 5. The third kappa shape index (κ3) is 6.31. The van der Waals surface area contributed by atoms with E-state index in [1.165, 1.54) is 27.2 Å². The lowest BCUT2D eigenvalue weighted by molar-refractivity contribution is -0.137. The minimum absolute atomic E-state index is 0.145. The SMILES string of the molecule is CC(C)(C)C(=O)Nc1cc(C(F)(F)F)cnc1[CH]C1C2=C(CN(C(=O)O)C2)CN1C(=O)c1ccc(S(N)(=O)=O)c(F)c1F. The summed E-state index contributed by atoms with van der Waals surface area (Å²) >= 11 is 0. The molecule has 2 aliphatic heterocycles. The van der Waals surface area contributed by atoms with Gasteiger partial charge >= 0.3 is 12.3 Å². The number of hydrogen-bond acceptors (Lipinski definition) is 6. The van der Waals surface area contributed by atoms with Crippen LogP contribution in [0.25, 0.3) is 0 Å². The molecule has 0 fully saturated rings. The van der Waals surface area contributed by atoms with Gasteiger partial charge in [-0.2, -0.15) is 13.2 Å². The number of nitrogens with zero attached hydrogens (tertiary/aromatic N) is 3. The molecule has 0 spiro atoms. The average molecular weight is 631 g/mol. The molecule has 0 saturated heterocycles. The summed E-state index contributed by atoms with van der Waals surface area (Å²) in [6, 6.07) is 0.760. The van der Waals surface area contributed by atoms with Crippen molar-refractivity contribution in [1.82, 2.24) is 14.8 Å². The van der Waals surface area contributed by atoms with Gasteiger partial charge in [0.05, 0.1) is 28.6 Å². The molecule has 1 aromatic heterocycles. The maximum Gasteiger partial charge on any atom is 0.417 e. The Labute approximate surface area is 242 Å². The van der Waals surface area contributed by atoms with E-state index in [0.29, 0.717) is 29.5 Å². The Bertz CT molecular complexity index is 1670. The van der Waals surface area contributed by atoms with Gasteiger partial charge < -0.3 is 20.2 Å². The number of primary sulfonamides is 1. The molecule has 0 bridgehead atoms. The first kappa shape index (κ1) is 31.8. The Morgan fingerprint density at radius 2 is 1.74 bits per heavy atom. The molecule has 0 saturated carbocycles. The van der Waals surface area contributed by atoms with Crippen LogP contribution in [0.4, 0.5) is 32.4 Å². The predicted molar refractivity (Wildman–Crippen MR) is 140 cm³/mol. The largest absolute Gasteiger partial charge is 0.465 e. The number of sulfonamides is 1. The standard InChI is InChI=1S/C26H25F5N5O6S/c1-25(2,3)23(38)34-17-6-13(26(29,30)31)8-33-16(17)7-18-15-11-35(24(39)40)9-12(15)10-36(18)22(37)14-4-5-19(43(32,41)42)21(28)20(14)27/h4-8,18H,9-11H2,1-3H3,(H,34,38)(H,39,40)(H2,32,41,42). The second-order valence-corrected chi connectivity index (χ2v) is 12.5. The molecule has 2 aliphatic rings. The van der Waals surface area contributed by atoms with Crippen LogP contribution in [0.5, 0.6) is 0 Å². The fraction of sp³-hybridized carbons (Fsp3) is 0.346. The van der Waals surface area contributed by atoms with E-state index in [1.54, 1.807) is 0 Å². The summed E-state index contributed by atoms with van der Waals surface area (Å²) in [4.78, 5) is 42.5. The summed E-state index contributed by atoms with van der Waals surface area (Å²) in [7, 11) is -4.67. The van der Waals surface area contributed by atoms with Crippen LogP contribution >= 0.6 is 0 Å². The Balaban J connectivity index is 1.78. The fourth-order valence-electron chi connectivity index (χ4n) is 4.57. The van der Waals surface area contributed by atoms with E-state index >= 15 is 0 Å². The normalized spacial score (nSPS) is 17.4. The highest BCUT2D eigenvalue weighted by Crippen LogP contribution is 2.38. The fourth-order valence-corrected chi connectivity index (χ4v) is 5.17. The van der Waals surface area contributed by atoms with Crippen molar-refractivity contribution >= 4 is 33.6 Å². The van der Waals surface area contributed by atoms with E-state index in [1.807, 2.05) is 0 Å². The molecule has 3 heterocycles. The maximum atomic E-state index is 15.0. The van der Waals surface area contributed by atoms with Crippen LogP contribution in [0.3, 0.4) is 0 Å². The Kier molecular flexibility index (Phi) is 8.03. The number of aromatic nitrogens is 1. The lowest BCUT2D eigenvalue weighted by atomic mass is 9.95. The average Bonchev–Trinajstić information content (AvgIpc) is 3.43. The van der Waals surface area contributed by atoms with Crippen LogP contribution in [0.15, 0.2) is 40.4 Å². The zero-order chi connectivity index (χ0) is 32.2. The Morgan fingerprint density at radius 1 is 1.09 bits per heavy atom. The second-order valence-electron chi connectivity index (χ2n) is 11.0. The zero-order valence-electron chi connectivity index (χ0n) is 22.8. The van der Waals surface area contributed by atoms with Crippen molar-refractivity contribution in [3.8, 4) is 0 Å². The number of nitrogens with two attached hydrogens (primary N) is 1. The number of halogens is 5. The smallest absolute Gasteiger partial charge is 0.417 e. The van der Waals surface area contributed by atoms with Gasteiger partial charge in [-0.25, -0.2) is 27.1 Å². The van der Waals surface area contributed by atoms with Crippen LogP contribution in [-0.2, 0) is 21.0 Å². The van der Waals surface area contributed by atoms with Crippen LogP contribution in [-0.4, -0.2) is 71.9 Å². The number of benzene rings is 1. The number of carboxylic acid groups (broad SMARTS) is 1. The van der Waals surface area contributed by atoms with Gasteiger partial charge in [-0.05, 0) is 29.3 Å². The van der Waals surface area contributed by atoms with Crippen molar-refractivity contribution in [2.45, 2.75) is 37.9 Å². The lowest BCUT2D eigenvalue weighted by Crippen LogP contribution is -2.42. The van der Waals surface area contributed by atoms with Gasteiger partial charge in [-0.3, -0.25) is 14.6 Å². The Morgan fingerprint density at radius 3 is 2.30 bits per heavy atom. The topological polar surface area (TPSA) is 163 Å². The molecule has 1 unspecified atom stereocenters. The third-order valence-electron chi connectivity index (χ3n) is 6.86. The molecule has 4 rings (SSSR count). The predicted octanol–water partition coefficient (Wildman–Crippen LogP) is 3.38. The first-order chi connectivity index (χ1) is 19.7. The highest BCUT2D eigenvalue weighted by molar-refractivity contribution is 7.89. The molecule has 43 heavy (non-hydrogen) atoms. The molecule has 1 atom stereocenters. The summed E-state index contributed by atoms with van der Waals surface area (Å²) in [5, 5.41) is 16.8. The third-order valence-corrected chi connectivity index (χ3v) is 7.79. The van der Waals surface area contributed by atoms with Gasteiger partial charge in [0.2, 0.25) is 15.9 Å². The monoisotopic (exact) mass is 630 g/mol. The highest BCUT2D eigenvalue weighted by atomic mass is 32.2. The molecular weight excluding hydrogens is 605 g/mol. The molecule has 1 aromatic carbocycles. The van der Waals surface area contributed by atoms with Crippen molar-refractivity contribution < 1.29 is 49.9 Å². The summed E-state index contributed by atoms with van der Waals surface area (Å²) in [6.45, 7) is 3.93. The van der Waals surface area contributed by atoms with Crippen molar-refractivity contribution in [1.29, 1.82) is 0 Å². The quantitative estimate of drug-likeness (QED) is 0.337. The molecule has 3 amide bonds. The number of alkyl halides is 3. The molecule has 231 valence electrons. The van der Waals surface area contributed by atoms with Crippen LogP contribution in [0.1, 0.15) is 42.4 Å². The zero-order valence-corrected chi connectivity index (χ0v) is 23.6. The summed E-state index contributed by atoms with van der Waals surface area (Å²) in [6.07, 6.45) is -4.40. The maximum absolute atomic E-state index is 15.0. The van der Waals surface area contributed by atoms with Crippen molar-refractivity contribution in [3.05, 3.63) is 70.4 Å². The number of pyridine rings is 1. The van der Waals surface area contributed by atoms with Gasteiger partial charge in [-0.1, -0.05) is 20.8 Å². The minimum Gasteiger partial charge on any atom is -0.465 e. The Hall–Kier alpha value is -4.12. The first-order valence-corrected chi connectivity index (χ1v) is 14.0. The molecule has 11 nitrogen and oxygen atoms in total. The van der Waals surface area contributed by atoms with E-state index < -0.39 is 73.2 Å². The van der Waals surface area contributed by atoms with E-state index in [4.69, 9.17) is 5.14 Å². The van der Waals surface area contributed by atoms with E-state index in [-0.39, 0.29) is 31.0 Å². The first-order valence-electron chi connectivity index (χ1n) is 12.4. The van der Waals surface area contributed by atoms with Gasteiger partial charge in [0.25, 0.3) is 5.91 Å². The minimum atomic E-state index is -4.82. The van der Waals surface area contributed by atoms with Crippen LogP contribution < -0.4 is 10.5 Å². The molecule has 1 radical (unpaired) electrons. The highest BCUT2D eigenvalue weighted by Gasteiger charge is 2.43. The lowest BCUT2D eigenvalue weighted by Gasteiger charge is -2.30. The van der Waals surface area contributed by atoms with Crippen LogP contribution in [0.2, 0.25) is 0 Å². The van der Waals surface area contributed by atoms with Gasteiger partial charge in [-0.15, -0.1) is 0 Å². The number of hydrogen-bond donors (Lipinski definition) is 3. The van der Waals surface area contributed by atoms with Crippen LogP contribution in [0, 0.1) is 23.5 Å². The van der Waals surface area contributed by atoms with Gasteiger partial charge in [0.1, 0.15) is 4.90 Å². The second kappa shape index (κ2) is 10.9. The summed E-state index contributed by atoms with van der Waals surface area (Å²) < 4.78 is 93.2.